The van der Waals surface area contributed by atoms with Crippen LogP contribution in [0.3, 0.4) is 0 Å². The number of piperidine rings is 1. The molecule has 7 heteroatoms. The molecule has 2 fully saturated rings. The molecule has 4 nitrogen and oxygen atoms in total. The van der Waals surface area contributed by atoms with E-state index in [0.717, 1.165) is 44.0 Å². The summed E-state index contributed by atoms with van der Waals surface area (Å²) in [6.45, 7) is 9.79. The van der Waals surface area contributed by atoms with Gasteiger partial charge in [-0.05, 0) is 61.9 Å². The molecule has 3 rings (SSSR count). The number of nitrogens with one attached hydrogen (secondary N) is 2. The summed E-state index contributed by atoms with van der Waals surface area (Å²) in [4.78, 5) is 15.1. The lowest BCUT2D eigenvalue weighted by Gasteiger charge is -2.28. The Hall–Kier alpha value is -0.460. The van der Waals surface area contributed by atoms with Gasteiger partial charge in [0, 0.05) is 43.2 Å². The Balaban J connectivity index is 0.00000196. The molecule has 1 unspecified atom stereocenters. The molecule has 1 aromatic carbocycles. The van der Waals surface area contributed by atoms with Crippen LogP contribution in [0.15, 0.2) is 18.2 Å². The van der Waals surface area contributed by atoms with E-state index in [4.69, 9.17) is 0 Å². The van der Waals surface area contributed by atoms with Crippen molar-refractivity contribution < 1.29 is 4.79 Å². The Morgan fingerprint density at radius 2 is 1.93 bits per heavy atom. The van der Waals surface area contributed by atoms with Crippen LogP contribution in [0.1, 0.15) is 37.3 Å². The second kappa shape index (κ2) is 13.0. The zero-order valence-electron chi connectivity index (χ0n) is 17.0. The second-order valence-corrected chi connectivity index (χ2v) is 9.08. The first-order valence-electron chi connectivity index (χ1n) is 10.0. The molecule has 0 saturated carbocycles. The molecule has 28 heavy (non-hydrogen) atoms. The number of anilines is 1. The van der Waals surface area contributed by atoms with E-state index in [1.54, 1.807) is 0 Å². The highest BCUT2D eigenvalue weighted by molar-refractivity contribution is 7.99. The van der Waals surface area contributed by atoms with Crippen molar-refractivity contribution in [1.82, 2.24) is 10.2 Å². The molecule has 2 heterocycles. The number of hydrogen-bond acceptors (Lipinski definition) is 4. The number of aryl methyl sites for hydroxylation is 1. The molecule has 2 N–H and O–H groups in total. The monoisotopic (exact) mass is 447 g/mol. The van der Waals surface area contributed by atoms with Crippen molar-refractivity contribution in [1.29, 1.82) is 0 Å². The van der Waals surface area contributed by atoms with Gasteiger partial charge in [-0.15, -0.1) is 24.8 Å². The standard InChI is InChI=1S/C21H33N3OS.2ClH/c1-16-3-4-18(15-24-9-11-26-12-10-24)14-20(16)23-21(25)13-17(2)19-5-7-22-8-6-19;;/h3-4,14,17,19,22H,5-13,15H2,1-2H3,(H,23,25);2*1H. The Kier molecular flexibility index (Phi) is 11.8. The first-order chi connectivity index (χ1) is 12.6. The van der Waals surface area contributed by atoms with Crippen molar-refractivity contribution >= 4 is 48.2 Å². The Bertz CT molecular complexity index is 605. The van der Waals surface area contributed by atoms with Gasteiger partial charge in [-0.25, -0.2) is 0 Å². The maximum atomic E-state index is 12.6. The number of benzene rings is 1. The predicted octanol–water partition coefficient (Wildman–Crippen LogP) is 4.35. The molecular weight excluding hydrogens is 413 g/mol. The SMILES string of the molecule is Cc1ccc(CN2CCSCC2)cc1NC(=O)CC(C)C1CCNCC1.Cl.Cl. The highest BCUT2D eigenvalue weighted by atomic mass is 35.5. The van der Waals surface area contributed by atoms with Crippen molar-refractivity contribution in [3.8, 4) is 0 Å². The van der Waals surface area contributed by atoms with E-state index in [0.29, 0.717) is 18.3 Å². The maximum absolute atomic E-state index is 12.6. The van der Waals surface area contributed by atoms with Crippen LogP contribution in [-0.4, -0.2) is 48.5 Å². The van der Waals surface area contributed by atoms with Crippen LogP contribution in [-0.2, 0) is 11.3 Å². The summed E-state index contributed by atoms with van der Waals surface area (Å²) in [7, 11) is 0. The highest BCUT2D eigenvalue weighted by Crippen LogP contribution is 2.25. The topological polar surface area (TPSA) is 44.4 Å². The van der Waals surface area contributed by atoms with Crippen molar-refractivity contribution in [2.45, 2.75) is 39.7 Å². The van der Waals surface area contributed by atoms with Gasteiger partial charge < -0.3 is 10.6 Å². The maximum Gasteiger partial charge on any atom is 0.224 e. The zero-order chi connectivity index (χ0) is 18.4. The van der Waals surface area contributed by atoms with E-state index in [9.17, 15) is 4.79 Å². The average molecular weight is 449 g/mol. The van der Waals surface area contributed by atoms with E-state index in [1.165, 1.54) is 29.9 Å². The molecule has 0 bridgehead atoms. The Labute approximate surface area is 186 Å². The molecule has 1 amide bonds. The fourth-order valence-electron chi connectivity index (χ4n) is 3.99. The number of hydrogen-bond donors (Lipinski definition) is 2. The van der Waals surface area contributed by atoms with Crippen LogP contribution >= 0.6 is 36.6 Å². The lowest BCUT2D eigenvalue weighted by Crippen LogP contribution is -2.32. The number of rotatable bonds is 6. The lowest BCUT2D eigenvalue weighted by atomic mass is 9.84. The fraction of sp³-hybridized carbons (Fsp3) is 0.667. The van der Waals surface area contributed by atoms with E-state index in [-0.39, 0.29) is 30.7 Å². The third kappa shape index (κ3) is 7.75. The van der Waals surface area contributed by atoms with Gasteiger partial charge in [0.25, 0.3) is 0 Å². The summed E-state index contributed by atoms with van der Waals surface area (Å²) in [5.74, 6) is 3.73. The molecule has 2 aliphatic rings. The summed E-state index contributed by atoms with van der Waals surface area (Å²) in [5, 5.41) is 6.58. The van der Waals surface area contributed by atoms with Crippen LogP contribution in [0.25, 0.3) is 0 Å². The molecular formula is C21H35Cl2N3OS. The van der Waals surface area contributed by atoms with Gasteiger partial charge in [0.15, 0.2) is 0 Å². The number of halogens is 2. The van der Waals surface area contributed by atoms with Crippen LogP contribution < -0.4 is 10.6 Å². The molecule has 0 aliphatic carbocycles. The van der Waals surface area contributed by atoms with Gasteiger partial charge in [-0.3, -0.25) is 9.69 Å². The predicted molar refractivity (Wildman–Crippen MR) is 126 cm³/mol. The second-order valence-electron chi connectivity index (χ2n) is 7.85. The first kappa shape index (κ1) is 25.6. The normalized spacial score (nSPS) is 19.2. The van der Waals surface area contributed by atoms with Crippen molar-refractivity contribution in [3.63, 3.8) is 0 Å². The van der Waals surface area contributed by atoms with E-state index < -0.39 is 0 Å². The summed E-state index contributed by atoms with van der Waals surface area (Å²) in [5.41, 5.74) is 3.42. The summed E-state index contributed by atoms with van der Waals surface area (Å²) in [6.07, 6.45) is 3.01. The number of carbonyl (C=O) groups excluding carboxylic acids is 1. The fourth-order valence-corrected chi connectivity index (χ4v) is 4.97. The van der Waals surface area contributed by atoms with E-state index in [1.807, 2.05) is 11.8 Å². The molecule has 160 valence electrons. The first-order valence-corrected chi connectivity index (χ1v) is 11.2. The number of nitrogens with zero attached hydrogens (tertiary/aromatic N) is 1. The lowest BCUT2D eigenvalue weighted by molar-refractivity contribution is -0.117. The smallest absolute Gasteiger partial charge is 0.224 e. The van der Waals surface area contributed by atoms with Crippen molar-refractivity contribution in [2.75, 3.05) is 43.0 Å². The molecule has 0 spiro atoms. The minimum atomic E-state index is 0. The van der Waals surface area contributed by atoms with Crippen LogP contribution in [0.2, 0.25) is 0 Å². The van der Waals surface area contributed by atoms with Crippen LogP contribution in [0.4, 0.5) is 5.69 Å². The molecule has 1 aromatic rings. The van der Waals surface area contributed by atoms with E-state index in [2.05, 4.69) is 47.6 Å². The molecule has 1 atom stereocenters. The third-order valence-corrected chi connectivity index (χ3v) is 6.72. The number of carbonyl (C=O) groups is 1. The molecule has 2 saturated heterocycles. The number of amides is 1. The van der Waals surface area contributed by atoms with Crippen molar-refractivity contribution in [3.05, 3.63) is 29.3 Å². The third-order valence-electron chi connectivity index (χ3n) is 5.78. The van der Waals surface area contributed by atoms with Gasteiger partial charge in [0.2, 0.25) is 5.91 Å². The van der Waals surface area contributed by atoms with Gasteiger partial charge >= 0.3 is 0 Å². The Morgan fingerprint density at radius 1 is 1.25 bits per heavy atom. The summed E-state index contributed by atoms with van der Waals surface area (Å²) in [6, 6.07) is 6.51. The minimum absolute atomic E-state index is 0. The number of thioether (sulfide) groups is 1. The Morgan fingerprint density at radius 3 is 2.61 bits per heavy atom. The quantitative estimate of drug-likeness (QED) is 0.679. The van der Waals surface area contributed by atoms with Crippen LogP contribution in [0, 0.1) is 18.8 Å². The molecule has 0 aromatic heterocycles. The zero-order valence-corrected chi connectivity index (χ0v) is 19.5. The highest BCUT2D eigenvalue weighted by Gasteiger charge is 2.22. The summed E-state index contributed by atoms with van der Waals surface area (Å²) >= 11 is 2.04. The largest absolute Gasteiger partial charge is 0.326 e. The molecule has 0 radical (unpaired) electrons. The van der Waals surface area contributed by atoms with Crippen LogP contribution in [0.5, 0.6) is 0 Å². The van der Waals surface area contributed by atoms with E-state index >= 15 is 0 Å². The minimum Gasteiger partial charge on any atom is -0.326 e. The van der Waals surface area contributed by atoms with Gasteiger partial charge in [-0.2, -0.15) is 11.8 Å². The van der Waals surface area contributed by atoms with Crippen molar-refractivity contribution in [2.24, 2.45) is 11.8 Å². The van der Waals surface area contributed by atoms with Gasteiger partial charge in [-0.1, -0.05) is 19.1 Å². The average Bonchev–Trinajstić information content (AvgIpc) is 2.66. The van der Waals surface area contributed by atoms with Gasteiger partial charge in [0.1, 0.15) is 0 Å². The van der Waals surface area contributed by atoms with Gasteiger partial charge in [0.05, 0.1) is 0 Å². The summed E-state index contributed by atoms with van der Waals surface area (Å²) < 4.78 is 0. The molecule has 2 aliphatic heterocycles.